The van der Waals surface area contributed by atoms with Crippen molar-refractivity contribution in [1.29, 1.82) is 0 Å². The van der Waals surface area contributed by atoms with Crippen LogP contribution in [0.4, 0.5) is 0 Å². The molecular weight excluding hydrogens is 578 g/mol. The maximum Gasteiger partial charge on any atom is 3.00 e. The largest absolute Gasteiger partial charge is 3.00 e. The van der Waals surface area contributed by atoms with E-state index < -0.39 is 23.2 Å². The molecule has 37 heavy (non-hydrogen) atoms. The number of nitrogens with zero attached hydrogens (tertiary/aromatic N) is 1. The molecule has 2 nitrogen and oxygen atoms in total. The summed E-state index contributed by atoms with van der Waals surface area (Å²) in [5.41, 5.74) is 0.734. The van der Waals surface area contributed by atoms with Crippen LogP contribution in [0.3, 0.4) is 0 Å². The van der Waals surface area contributed by atoms with Crippen molar-refractivity contribution < 1.29 is 37.4 Å². The molecule has 0 atom stereocenters. The van der Waals surface area contributed by atoms with Crippen LogP contribution in [0.5, 0.6) is 0 Å². The van der Waals surface area contributed by atoms with Crippen molar-refractivity contribution in [3.05, 3.63) is 81.2 Å². The average molecular weight is 634 g/mol. The minimum absolute atomic E-state index is 0. The summed E-state index contributed by atoms with van der Waals surface area (Å²) in [6.07, 6.45) is 7.94. The summed E-state index contributed by atoms with van der Waals surface area (Å²) in [5, 5.41) is 2.89. The van der Waals surface area contributed by atoms with Gasteiger partial charge in [0.2, 0.25) is 0 Å². The fraction of sp³-hybridized carbons (Fsp3) is 0.516. The molecule has 1 saturated heterocycles. The topological polar surface area (TPSA) is 21.6 Å². The molecule has 1 saturated carbocycles. The molecule has 0 amide bonds. The number of rotatable bonds is 3. The van der Waals surface area contributed by atoms with Gasteiger partial charge < -0.3 is 25.3 Å². The van der Waals surface area contributed by atoms with Crippen LogP contribution in [0.2, 0.25) is 39.3 Å². The summed E-state index contributed by atoms with van der Waals surface area (Å²) < 4.78 is 10.00. The Labute approximate surface area is 259 Å². The van der Waals surface area contributed by atoms with Crippen LogP contribution in [0.15, 0.2) is 65.4 Å². The average Bonchev–Trinajstić information content (AvgIpc) is 3.52. The molecule has 2 aromatic carbocycles. The van der Waals surface area contributed by atoms with E-state index in [-0.39, 0.29) is 40.1 Å². The van der Waals surface area contributed by atoms with E-state index in [4.69, 9.17) is 9.48 Å². The molecule has 0 spiro atoms. The van der Waals surface area contributed by atoms with Crippen LogP contribution in [0.1, 0.15) is 38.5 Å². The van der Waals surface area contributed by atoms with Gasteiger partial charge in [-0.25, -0.2) is 0 Å². The van der Waals surface area contributed by atoms with Gasteiger partial charge in [0, 0.05) is 33.0 Å². The molecule has 0 aromatic heterocycles. The molecule has 2 fully saturated rings. The smallest absolute Gasteiger partial charge is 0.381 e. The molecule has 1 aliphatic carbocycles. The summed E-state index contributed by atoms with van der Waals surface area (Å²) in [7, 11) is -1.29. The Morgan fingerprint density at radius 2 is 1.03 bits per heavy atom. The van der Waals surface area contributed by atoms with E-state index in [1.54, 1.807) is 0 Å². The van der Waals surface area contributed by atoms with Crippen molar-refractivity contribution in [3.63, 3.8) is 0 Å². The molecule has 1 heterocycles. The van der Waals surface area contributed by atoms with Gasteiger partial charge in [-0.15, -0.1) is 16.1 Å². The molecule has 6 heteroatoms. The van der Waals surface area contributed by atoms with E-state index in [9.17, 15) is 0 Å². The first-order valence-electron chi connectivity index (χ1n) is 13.3. The summed E-state index contributed by atoms with van der Waals surface area (Å²) in [5.74, 6) is 0. The third kappa shape index (κ3) is 17.5. The zero-order valence-corrected chi connectivity index (χ0v) is 31.0. The van der Waals surface area contributed by atoms with Gasteiger partial charge in [0.05, 0.1) is 0 Å². The molecular formula is C31H55NOPSi2Y. The number of hydrogen-bond acceptors (Lipinski definition) is 2. The Morgan fingerprint density at radius 3 is 1.27 bits per heavy atom. The van der Waals surface area contributed by atoms with Gasteiger partial charge in [-0.1, -0.05) is 113 Å². The van der Waals surface area contributed by atoms with E-state index in [2.05, 4.69) is 113 Å². The molecule has 0 N–H and O–H groups in total. The zero-order valence-electron chi connectivity index (χ0n) is 25.3. The Bertz CT molecular complexity index is 779. The molecule has 2 aliphatic rings. The van der Waals surface area contributed by atoms with Crippen molar-refractivity contribution in [3.8, 4) is 0 Å². The second kappa shape index (κ2) is 20.1. The third-order valence-electron chi connectivity index (χ3n) is 5.30. The van der Waals surface area contributed by atoms with Gasteiger partial charge in [0.1, 0.15) is 0 Å². The maximum atomic E-state index is 5.05. The predicted octanol–water partition coefficient (Wildman–Crippen LogP) is 9.05. The van der Waals surface area contributed by atoms with Crippen LogP contribution in [0, 0.1) is 20.5 Å². The Morgan fingerprint density at radius 1 is 0.703 bits per heavy atom. The number of hydrogen-bond donors (Lipinski definition) is 0. The number of benzene rings is 2. The third-order valence-corrected chi connectivity index (χ3v) is 9.67. The molecule has 2 aromatic rings. The standard InChI is InChI=1S/C18H22NP.C4H8O.2C4H11Si.CH3.Y/c1-19-20(18-14-8-9-15-18,16-10-4-2-5-11-16)17-12-6-3-7-13-17;1-2-4-5-3-1;2*1-5(2,3)4;;/h2-7,10-13,18H,8-9,14-15H2,1H3;1-4H2;2*1H2,2-4H3;1H3;/q;;3*-1;+3. The summed E-state index contributed by atoms with van der Waals surface area (Å²) in [6.45, 7) is 23.1. The van der Waals surface area contributed by atoms with Crippen molar-refractivity contribution >= 4 is 33.8 Å². The van der Waals surface area contributed by atoms with Crippen molar-refractivity contribution in [2.75, 3.05) is 20.3 Å². The maximum absolute atomic E-state index is 5.05. The molecule has 206 valence electrons. The Balaban J connectivity index is 0. The molecule has 0 unspecified atom stereocenters. The van der Waals surface area contributed by atoms with Crippen LogP contribution >= 0.6 is 7.05 Å². The van der Waals surface area contributed by atoms with E-state index in [0.29, 0.717) is 0 Å². The molecule has 0 radical (unpaired) electrons. The zero-order chi connectivity index (χ0) is 26.4. The summed E-state index contributed by atoms with van der Waals surface area (Å²) >= 11 is 0. The second-order valence-corrected chi connectivity index (χ2v) is 25.7. The van der Waals surface area contributed by atoms with Crippen molar-refractivity contribution in [2.45, 2.75) is 83.5 Å². The van der Waals surface area contributed by atoms with E-state index in [1.165, 1.54) is 49.1 Å². The van der Waals surface area contributed by atoms with E-state index in [1.807, 2.05) is 7.05 Å². The van der Waals surface area contributed by atoms with Crippen LogP contribution in [-0.4, -0.2) is 42.1 Å². The molecule has 0 bridgehead atoms. The van der Waals surface area contributed by atoms with Gasteiger partial charge in [0.15, 0.2) is 0 Å². The second-order valence-electron chi connectivity index (χ2n) is 11.9. The van der Waals surface area contributed by atoms with Crippen molar-refractivity contribution in [1.82, 2.24) is 0 Å². The van der Waals surface area contributed by atoms with Gasteiger partial charge >= 0.3 is 32.7 Å². The SMILES string of the molecule is C1CCOC1.CN=P(c1ccccc1)(c1ccccc1)C1CCCC1.[CH2-][Si](C)(C)C.[CH2-][Si](C)(C)C.[CH3-].[Y+3]. The Hall–Kier alpha value is 0.168. The Kier molecular flexibility index (Phi) is 21.4. The molecule has 1 aliphatic heterocycles. The van der Waals surface area contributed by atoms with Gasteiger partial charge in [-0.3, -0.25) is 4.74 Å². The van der Waals surface area contributed by atoms with Crippen LogP contribution in [-0.2, 0) is 37.4 Å². The van der Waals surface area contributed by atoms with Crippen molar-refractivity contribution in [2.24, 2.45) is 4.74 Å². The van der Waals surface area contributed by atoms with Crippen LogP contribution in [0.25, 0.3) is 0 Å². The van der Waals surface area contributed by atoms with Gasteiger partial charge in [-0.2, -0.15) is 0 Å². The fourth-order valence-corrected chi connectivity index (χ4v) is 8.36. The predicted molar refractivity (Wildman–Crippen MR) is 174 cm³/mol. The van der Waals surface area contributed by atoms with E-state index in [0.717, 1.165) is 18.9 Å². The monoisotopic (exact) mass is 633 g/mol. The number of ether oxygens (including phenoxy) is 1. The summed E-state index contributed by atoms with van der Waals surface area (Å²) in [4.78, 5) is 0. The first-order valence-corrected chi connectivity index (χ1v) is 22.5. The van der Waals surface area contributed by atoms with E-state index >= 15 is 0 Å². The molecule has 4 rings (SSSR count). The fourth-order valence-electron chi connectivity index (χ4n) is 4.06. The first-order chi connectivity index (χ1) is 16.4. The minimum atomic E-state index is -1.60. The van der Waals surface area contributed by atoms with Gasteiger partial charge in [0.25, 0.3) is 0 Å². The quantitative estimate of drug-likeness (QED) is 0.188. The summed E-state index contributed by atoms with van der Waals surface area (Å²) in [6, 6.07) is 22.0. The first kappa shape index (κ1) is 39.3. The normalized spacial score (nSPS) is 15.3. The van der Waals surface area contributed by atoms with Gasteiger partial charge in [-0.05, 0) is 36.3 Å². The van der Waals surface area contributed by atoms with Crippen LogP contribution < -0.4 is 10.6 Å². The minimum Gasteiger partial charge on any atom is -0.381 e.